The van der Waals surface area contributed by atoms with Crippen molar-refractivity contribution in [3.05, 3.63) is 28.3 Å². The van der Waals surface area contributed by atoms with Gasteiger partial charge in [0.2, 0.25) is 0 Å². The summed E-state index contributed by atoms with van der Waals surface area (Å²) in [4.78, 5) is 12.5. The molecular formula is C13H20N4O2. The average molecular weight is 264 g/mol. The summed E-state index contributed by atoms with van der Waals surface area (Å²) in [5.74, 6) is 0. The highest BCUT2D eigenvalue weighted by atomic mass is 16.6. The average Bonchev–Trinajstić information content (AvgIpc) is 2.26. The normalized spacial score (nSPS) is 17.0. The van der Waals surface area contributed by atoms with Gasteiger partial charge in [-0.3, -0.25) is 10.1 Å². The molecule has 1 aliphatic carbocycles. The molecule has 0 saturated heterocycles. The molecule has 0 amide bonds. The first-order chi connectivity index (χ1) is 8.94. The predicted molar refractivity (Wildman–Crippen MR) is 76.3 cm³/mol. The highest BCUT2D eigenvalue weighted by molar-refractivity contribution is 5.65. The van der Waals surface area contributed by atoms with Crippen LogP contribution in [0.25, 0.3) is 0 Å². The van der Waals surface area contributed by atoms with E-state index in [1.165, 1.54) is 25.3 Å². The Kier molecular flexibility index (Phi) is 3.61. The van der Waals surface area contributed by atoms with Crippen LogP contribution in [0.15, 0.2) is 18.2 Å². The van der Waals surface area contributed by atoms with Gasteiger partial charge in [-0.1, -0.05) is 0 Å². The molecule has 0 radical (unpaired) electrons. The molecule has 0 bridgehead atoms. The zero-order valence-electron chi connectivity index (χ0n) is 11.3. The van der Waals surface area contributed by atoms with E-state index in [-0.39, 0.29) is 16.9 Å². The molecule has 1 aliphatic rings. The van der Waals surface area contributed by atoms with E-state index >= 15 is 0 Å². The van der Waals surface area contributed by atoms with Crippen molar-refractivity contribution in [1.82, 2.24) is 4.90 Å². The van der Waals surface area contributed by atoms with E-state index in [9.17, 15) is 10.1 Å². The molecule has 6 heteroatoms. The summed E-state index contributed by atoms with van der Waals surface area (Å²) in [7, 11) is 4.18. The molecule has 1 fully saturated rings. The summed E-state index contributed by atoms with van der Waals surface area (Å²) in [5, 5.41) is 14.0. The zero-order valence-corrected chi connectivity index (χ0v) is 11.3. The van der Waals surface area contributed by atoms with Gasteiger partial charge in [-0.2, -0.15) is 0 Å². The number of nitrogen functional groups attached to an aromatic ring is 1. The predicted octanol–water partition coefficient (Wildman–Crippen LogP) is 2.07. The van der Waals surface area contributed by atoms with Crippen molar-refractivity contribution in [3.8, 4) is 0 Å². The Balaban J connectivity index is 2.04. The minimum absolute atomic E-state index is 0.0449. The summed E-state index contributed by atoms with van der Waals surface area (Å²) in [6.07, 6.45) is 3.60. The summed E-state index contributed by atoms with van der Waals surface area (Å²) < 4.78 is 0. The molecule has 0 unspecified atom stereocenters. The lowest BCUT2D eigenvalue weighted by molar-refractivity contribution is -0.383. The smallest absolute Gasteiger partial charge is 0.292 e. The second-order valence-electron chi connectivity index (χ2n) is 5.36. The van der Waals surface area contributed by atoms with E-state index in [2.05, 4.69) is 24.3 Å². The summed E-state index contributed by atoms with van der Waals surface area (Å²) in [5.41, 5.74) is 6.86. The second-order valence-corrected chi connectivity index (χ2v) is 5.36. The van der Waals surface area contributed by atoms with Crippen molar-refractivity contribution in [2.45, 2.75) is 24.8 Å². The Morgan fingerprint density at radius 3 is 2.58 bits per heavy atom. The maximum atomic E-state index is 10.7. The Bertz CT molecular complexity index is 484. The van der Waals surface area contributed by atoms with Crippen molar-refractivity contribution in [3.63, 3.8) is 0 Å². The number of hydrogen-bond donors (Lipinski definition) is 2. The van der Waals surface area contributed by atoms with Gasteiger partial charge < -0.3 is 16.0 Å². The van der Waals surface area contributed by atoms with Crippen molar-refractivity contribution in [2.24, 2.45) is 0 Å². The maximum absolute atomic E-state index is 10.7. The number of anilines is 2. The number of hydrogen-bond acceptors (Lipinski definition) is 5. The van der Waals surface area contributed by atoms with Gasteiger partial charge >= 0.3 is 0 Å². The third kappa shape index (κ3) is 2.63. The van der Waals surface area contributed by atoms with Gasteiger partial charge in [0.15, 0.2) is 0 Å². The van der Waals surface area contributed by atoms with Crippen LogP contribution in [0.1, 0.15) is 19.3 Å². The van der Waals surface area contributed by atoms with Gasteiger partial charge in [-0.05, 0) is 45.5 Å². The largest absolute Gasteiger partial charge is 0.393 e. The third-order valence-corrected chi connectivity index (χ3v) is 4.08. The van der Waals surface area contributed by atoms with Gasteiger partial charge in [0.25, 0.3) is 5.69 Å². The molecule has 2 rings (SSSR count). The topological polar surface area (TPSA) is 84.4 Å². The van der Waals surface area contributed by atoms with Crippen molar-refractivity contribution < 1.29 is 4.92 Å². The fourth-order valence-corrected chi connectivity index (χ4v) is 2.46. The quantitative estimate of drug-likeness (QED) is 0.483. The van der Waals surface area contributed by atoms with Crippen LogP contribution < -0.4 is 11.1 Å². The molecule has 0 aliphatic heterocycles. The van der Waals surface area contributed by atoms with E-state index in [0.29, 0.717) is 0 Å². The number of nitrogens with one attached hydrogen (secondary N) is 1. The molecule has 0 heterocycles. The van der Waals surface area contributed by atoms with Crippen molar-refractivity contribution in [1.29, 1.82) is 0 Å². The molecule has 1 saturated carbocycles. The lowest BCUT2D eigenvalue weighted by Crippen LogP contribution is -2.54. The standard InChI is InChI=1S/C13H20N4O2/c1-16(2)13(6-3-7-13)9-15-10-4-5-12(17(18)19)11(14)8-10/h4-5,8,15H,3,6-7,9,14H2,1-2H3. The first kappa shape index (κ1) is 13.6. The Hall–Kier alpha value is -1.82. The monoisotopic (exact) mass is 264 g/mol. The zero-order chi connectivity index (χ0) is 14.0. The van der Waals surface area contributed by atoms with Gasteiger partial charge in [0.05, 0.1) is 4.92 Å². The van der Waals surface area contributed by atoms with Gasteiger partial charge in [0.1, 0.15) is 5.69 Å². The SMILES string of the molecule is CN(C)C1(CNc2ccc([N+](=O)[O-])c(N)c2)CCC1. The first-order valence-corrected chi connectivity index (χ1v) is 6.40. The highest BCUT2D eigenvalue weighted by Crippen LogP contribution is 2.36. The summed E-state index contributed by atoms with van der Waals surface area (Å²) in [6.45, 7) is 0.831. The van der Waals surface area contributed by atoms with Gasteiger partial charge in [-0.15, -0.1) is 0 Å². The highest BCUT2D eigenvalue weighted by Gasteiger charge is 2.38. The van der Waals surface area contributed by atoms with E-state index in [1.807, 2.05) is 0 Å². The van der Waals surface area contributed by atoms with E-state index in [0.717, 1.165) is 12.2 Å². The molecule has 3 N–H and O–H groups in total. The van der Waals surface area contributed by atoms with Crippen LogP contribution in [-0.2, 0) is 0 Å². The fourth-order valence-electron chi connectivity index (χ4n) is 2.46. The number of nitro groups is 1. The van der Waals surface area contributed by atoms with Crippen LogP contribution in [0, 0.1) is 10.1 Å². The number of likely N-dealkylation sites (N-methyl/N-ethyl adjacent to an activating group) is 1. The number of rotatable bonds is 5. The molecule has 6 nitrogen and oxygen atoms in total. The molecular weight excluding hydrogens is 244 g/mol. The molecule has 0 spiro atoms. The van der Waals surface area contributed by atoms with Crippen LogP contribution in [-0.4, -0.2) is 36.0 Å². The first-order valence-electron chi connectivity index (χ1n) is 6.40. The molecule has 0 aromatic heterocycles. The maximum Gasteiger partial charge on any atom is 0.292 e. The second kappa shape index (κ2) is 5.05. The minimum Gasteiger partial charge on any atom is -0.393 e. The fraction of sp³-hybridized carbons (Fsp3) is 0.538. The third-order valence-electron chi connectivity index (χ3n) is 4.08. The van der Waals surface area contributed by atoms with Gasteiger partial charge in [0, 0.05) is 23.8 Å². The molecule has 19 heavy (non-hydrogen) atoms. The van der Waals surface area contributed by atoms with Crippen molar-refractivity contribution in [2.75, 3.05) is 31.7 Å². The lowest BCUT2D eigenvalue weighted by atomic mass is 9.75. The molecule has 104 valence electrons. The number of nitro benzene ring substituents is 1. The molecule has 1 aromatic carbocycles. The van der Waals surface area contributed by atoms with E-state index in [1.54, 1.807) is 12.1 Å². The van der Waals surface area contributed by atoms with Crippen LogP contribution in [0.3, 0.4) is 0 Å². The van der Waals surface area contributed by atoms with E-state index in [4.69, 9.17) is 5.73 Å². The van der Waals surface area contributed by atoms with Crippen LogP contribution in [0.2, 0.25) is 0 Å². The number of benzene rings is 1. The van der Waals surface area contributed by atoms with Crippen LogP contribution in [0.5, 0.6) is 0 Å². The van der Waals surface area contributed by atoms with Crippen LogP contribution in [0.4, 0.5) is 17.1 Å². The minimum atomic E-state index is -0.466. The van der Waals surface area contributed by atoms with E-state index < -0.39 is 4.92 Å². The summed E-state index contributed by atoms with van der Waals surface area (Å²) in [6, 6.07) is 4.78. The Morgan fingerprint density at radius 1 is 1.47 bits per heavy atom. The van der Waals surface area contributed by atoms with Crippen LogP contribution >= 0.6 is 0 Å². The van der Waals surface area contributed by atoms with Crippen molar-refractivity contribution >= 4 is 17.1 Å². The Morgan fingerprint density at radius 2 is 2.16 bits per heavy atom. The van der Waals surface area contributed by atoms with Gasteiger partial charge in [-0.25, -0.2) is 0 Å². The number of nitrogens with two attached hydrogens (primary N) is 1. The lowest BCUT2D eigenvalue weighted by Gasteiger charge is -2.47. The molecule has 1 aromatic rings. The molecule has 0 atom stereocenters. The Labute approximate surface area is 112 Å². The number of nitrogens with zero attached hydrogens (tertiary/aromatic N) is 2. The summed E-state index contributed by atoms with van der Waals surface area (Å²) >= 11 is 0.